The summed E-state index contributed by atoms with van der Waals surface area (Å²) in [5.74, 6) is 0.324. The molecule has 0 aliphatic carbocycles. The summed E-state index contributed by atoms with van der Waals surface area (Å²) in [5, 5.41) is 7.72. The summed E-state index contributed by atoms with van der Waals surface area (Å²) < 4.78 is 43.4. The van der Waals surface area contributed by atoms with Gasteiger partial charge < -0.3 is 15.5 Å². The highest BCUT2D eigenvalue weighted by Crippen LogP contribution is 2.32. The number of anilines is 3. The van der Waals surface area contributed by atoms with Crippen molar-refractivity contribution in [3.05, 3.63) is 36.0 Å². The van der Waals surface area contributed by atoms with Crippen LogP contribution in [0.2, 0.25) is 0 Å². The van der Waals surface area contributed by atoms with Crippen LogP contribution in [-0.2, 0) is 6.18 Å². The van der Waals surface area contributed by atoms with Crippen LogP contribution in [-0.4, -0.2) is 41.5 Å². The maximum absolute atomic E-state index is 12.9. The van der Waals surface area contributed by atoms with Gasteiger partial charge in [-0.05, 0) is 34.6 Å². The molecule has 0 unspecified atom stereocenters. The molecule has 0 saturated carbocycles. The van der Waals surface area contributed by atoms with Crippen LogP contribution in [0, 0.1) is 0 Å². The molecular formula is C16H15F3N6O. The van der Waals surface area contributed by atoms with Gasteiger partial charge in [-0.25, -0.2) is 9.61 Å². The lowest BCUT2D eigenvalue weighted by molar-refractivity contribution is -0.137. The maximum Gasteiger partial charge on any atom is 0.416 e. The van der Waals surface area contributed by atoms with E-state index in [9.17, 15) is 13.2 Å². The molecule has 3 heterocycles. The highest BCUT2D eigenvalue weighted by atomic mass is 19.4. The molecular weight excluding hydrogens is 349 g/mol. The van der Waals surface area contributed by atoms with Crippen molar-refractivity contribution < 1.29 is 17.8 Å². The molecule has 0 bridgehead atoms. The number of pyridine rings is 1. The summed E-state index contributed by atoms with van der Waals surface area (Å²) in [5.41, 5.74) is 7.57. The Balaban J connectivity index is 1.52. The monoisotopic (exact) mass is 364 g/mol. The Morgan fingerprint density at radius 3 is 2.38 bits per heavy atom. The largest absolute Gasteiger partial charge is 0.416 e. The third-order valence-electron chi connectivity index (χ3n) is 4.44. The summed E-state index contributed by atoms with van der Waals surface area (Å²) in [6.07, 6.45) is -3.19. The van der Waals surface area contributed by atoms with Crippen LogP contribution in [0.5, 0.6) is 0 Å². The van der Waals surface area contributed by atoms with Gasteiger partial charge in [-0.15, -0.1) is 0 Å². The van der Waals surface area contributed by atoms with Gasteiger partial charge in [-0.1, -0.05) is 0 Å². The van der Waals surface area contributed by atoms with E-state index in [1.807, 2.05) is 11.0 Å². The number of hydrogen-bond acceptors (Lipinski definition) is 7. The van der Waals surface area contributed by atoms with Crippen LogP contribution >= 0.6 is 0 Å². The molecule has 2 aromatic heterocycles. The van der Waals surface area contributed by atoms with Gasteiger partial charge in [0, 0.05) is 32.4 Å². The molecule has 26 heavy (non-hydrogen) atoms. The molecule has 0 atom stereocenters. The van der Waals surface area contributed by atoms with Crippen molar-refractivity contribution in [3.63, 3.8) is 0 Å². The van der Waals surface area contributed by atoms with E-state index in [0.717, 1.165) is 17.8 Å². The predicted octanol–water partition coefficient (Wildman–Crippen LogP) is 2.55. The molecule has 0 amide bonds. The second kappa shape index (κ2) is 6.04. The highest BCUT2D eigenvalue weighted by molar-refractivity contribution is 5.95. The first-order valence-corrected chi connectivity index (χ1v) is 7.97. The number of aromatic nitrogens is 3. The summed E-state index contributed by atoms with van der Waals surface area (Å²) in [6.45, 7) is 2.27. The Morgan fingerprint density at radius 2 is 1.65 bits per heavy atom. The van der Waals surface area contributed by atoms with E-state index < -0.39 is 11.7 Å². The normalized spacial score (nSPS) is 15.7. The lowest BCUT2D eigenvalue weighted by Gasteiger charge is -2.36. The summed E-state index contributed by atoms with van der Waals surface area (Å²) in [7, 11) is 0. The number of rotatable bonds is 2. The van der Waals surface area contributed by atoms with Gasteiger partial charge in [-0.2, -0.15) is 13.2 Å². The fourth-order valence-corrected chi connectivity index (χ4v) is 3.07. The number of hydrogen-bond donors (Lipinski definition) is 1. The van der Waals surface area contributed by atoms with Gasteiger partial charge in [0.1, 0.15) is 5.82 Å². The predicted molar refractivity (Wildman–Crippen MR) is 89.9 cm³/mol. The fourth-order valence-electron chi connectivity index (χ4n) is 3.07. The van der Waals surface area contributed by atoms with Crippen LogP contribution in [0.3, 0.4) is 0 Å². The molecule has 1 fully saturated rings. The molecule has 0 radical (unpaired) electrons. The summed E-state index contributed by atoms with van der Waals surface area (Å²) in [4.78, 5) is 8.00. The molecule has 1 aromatic carbocycles. The van der Waals surface area contributed by atoms with Crippen LogP contribution in [0.1, 0.15) is 5.56 Å². The first kappa shape index (κ1) is 16.4. The average molecular weight is 364 g/mol. The van der Waals surface area contributed by atoms with E-state index in [1.54, 1.807) is 6.07 Å². The quantitative estimate of drug-likeness (QED) is 0.700. The Morgan fingerprint density at radius 1 is 0.962 bits per heavy atom. The number of nitrogens with zero attached hydrogens (tertiary/aromatic N) is 5. The van der Waals surface area contributed by atoms with Gasteiger partial charge in [-0.3, -0.25) is 0 Å². The Hall–Kier alpha value is -3.04. The molecule has 7 nitrogen and oxygen atoms in total. The van der Waals surface area contributed by atoms with Gasteiger partial charge in [0.15, 0.2) is 11.0 Å². The minimum absolute atomic E-state index is 0.324. The number of halogens is 3. The lowest BCUT2D eigenvalue weighted by Crippen LogP contribution is -2.47. The van der Waals surface area contributed by atoms with E-state index in [-0.39, 0.29) is 0 Å². The summed E-state index contributed by atoms with van der Waals surface area (Å²) >= 11 is 0. The van der Waals surface area contributed by atoms with Crippen molar-refractivity contribution in [1.29, 1.82) is 0 Å². The van der Waals surface area contributed by atoms with Crippen molar-refractivity contribution >= 4 is 28.2 Å². The van der Waals surface area contributed by atoms with E-state index in [4.69, 9.17) is 10.4 Å². The fraction of sp³-hybridized carbons (Fsp3) is 0.312. The van der Waals surface area contributed by atoms with Crippen molar-refractivity contribution in [2.24, 2.45) is 0 Å². The third kappa shape index (κ3) is 2.87. The Bertz CT molecular complexity index is 933. The van der Waals surface area contributed by atoms with Gasteiger partial charge in [0.2, 0.25) is 0 Å². The SMILES string of the molecule is Nc1ccc(N2CCN(c3cc(C(F)(F)F)ccn3)CC2)c2nonc12. The zero-order valence-corrected chi connectivity index (χ0v) is 13.6. The van der Waals surface area contributed by atoms with Crippen LogP contribution in [0.4, 0.5) is 30.4 Å². The van der Waals surface area contributed by atoms with Crippen LogP contribution < -0.4 is 15.5 Å². The molecule has 1 aliphatic heterocycles. The van der Waals surface area contributed by atoms with Gasteiger partial charge in [0.25, 0.3) is 0 Å². The first-order valence-electron chi connectivity index (χ1n) is 7.97. The molecule has 1 saturated heterocycles. The molecule has 136 valence electrons. The van der Waals surface area contributed by atoms with E-state index in [2.05, 4.69) is 20.2 Å². The van der Waals surface area contributed by atoms with Crippen molar-refractivity contribution in [1.82, 2.24) is 15.3 Å². The standard InChI is InChI=1S/C16H15F3N6O/c17-16(18,19)10-3-4-21-13(9-10)25-7-5-24(6-8-25)12-2-1-11(20)14-15(12)23-26-22-14/h1-4,9H,5-8,20H2. The summed E-state index contributed by atoms with van der Waals surface area (Å²) in [6, 6.07) is 5.64. The highest BCUT2D eigenvalue weighted by Gasteiger charge is 2.31. The van der Waals surface area contributed by atoms with Crippen molar-refractivity contribution in [2.45, 2.75) is 6.18 Å². The third-order valence-corrected chi connectivity index (χ3v) is 4.44. The second-order valence-corrected chi connectivity index (χ2v) is 6.01. The second-order valence-electron chi connectivity index (χ2n) is 6.01. The van der Waals surface area contributed by atoms with E-state index in [1.165, 1.54) is 6.20 Å². The zero-order chi connectivity index (χ0) is 18.3. The van der Waals surface area contributed by atoms with Gasteiger partial charge >= 0.3 is 6.18 Å². The van der Waals surface area contributed by atoms with Crippen molar-refractivity contribution in [3.8, 4) is 0 Å². The van der Waals surface area contributed by atoms with Crippen molar-refractivity contribution in [2.75, 3.05) is 41.7 Å². The number of alkyl halides is 3. The molecule has 1 aliphatic rings. The Labute approximate surface area is 146 Å². The number of nitrogens with two attached hydrogens (primary N) is 1. The number of fused-ring (bicyclic) bond motifs is 1. The molecule has 4 rings (SSSR count). The van der Waals surface area contributed by atoms with E-state index in [0.29, 0.717) is 48.7 Å². The number of benzene rings is 1. The first-order chi connectivity index (χ1) is 12.4. The average Bonchev–Trinajstić information content (AvgIpc) is 3.12. The molecule has 10 heteroatoms. The molecule has 2 N–H and O–H groups in total. The number of nitrogen functional groups attached to an aromatic ring is 1. The smallest absolute Gasteiger partial charge is 0.397 e. The minimum atomic E-state index is -4.38. The van der Waals surface area contributed by atoms with Gasteiger partial charge in [0.05, 0.1) is 16.9 Å². The number of piperazine rings is 1. The van der Waals surface area contributed by atoms with Crippen LogP contribution in [0.25, 0.3) is 11.0 Å². The Kier molecular flexibility index (Phi) is 3.82. The lowest BCUT2D eigenvalue weighted by atomic mass is 10.2. The molecule has 0 spiro atoms. The topological polar surface area (TPSA) is 84.3 Å². The van der Waals surface area contributed by atoms with Crippen LogP contribution in [0.15, 0.2) is 35.1 Å². The zero-order valence-electron chi connectivity index (χ0n) is 13.6. The molecule has 3 aromatic rings. The van der Waals surface area contributed by atoms with E-state index >= 15 is 0 Å². The maximum atomic E-state index is 12.9. The minimum Gasteiger partial charge on any atom is -0.397 e.